The number of thioether (sulfide) groups is 1. The standard InChI is InChI=1S/C19H23NO3S2/c1-13(2)15-6-8-16(9-7-15)20-19(22)14(3)23-18(21)12-24-11-17-5-4-10-25-17/h4-10,13-14H,11-12H2,1-3H3,(H,20,22)/t14-/m1/s1. The molecule has 2 aromatic rings. The number of hydrogen-bond donors (Lipinski definition) is 1. The van der Waals surface area contributed by atoms with Gasteiger partial charge in [0.05, 0.1) is 5.75 Å². The molecule has 1 aromatic carbocycles. The molecule has 1 aromatic heterocycles. The minimum absolute atomic E-state index is 0.235. The summed E-state index contributed by atoms with van der Waals surface area (Å²) in [6.45, 7) is 5.82. The largest absolute Gasteiger partial charge is 0.452 e. The Bertz CT molecular complexity index is 681. The van der Waals surface area contributed by atoms with E-state index < -0.39 is 6.10 Å². The predicted octanol–water partition coefficient (Wildman–Crippen LogP) is 4.68. The van der Waals surface area contributed by atoms with Crippen molar-refractivity contribution in [3.8, 4) is 0 Å². The second-order valence-corrected chi connectivity index (χ2v) is 7.99. The summed E-state index contributed by atoms with van der Waals surface area (Å²) in [5, 5.41) is 4.78. The molecule has 6 heteroatoms. The number of hydrogen-bond acceptors (Lipinski definition) is 5. The maximum absolute atomic E-state index is 12.1. The monoisotopic (exact) mass is 377 g/mol. The summed E-state index contributed by atoms with van der Waals surface area (Å²) in [7, 11) is 0. The van der Waals surface area contributed by atoms with Crippen molar-refractivity contribution in [2.24, 2.45) is 0 Å². The van der Waals surface area contributed by atoms with Crippen LogP contribution in [0.1, 0.15) is 37.1 Å². The van der Waals surface area contributed by atoms with Crippen molar-refractivity contribution in [2.75, 3.05) is 11.1 Å². The van der Waals surface area contributed by atoms with E-state index >= 15 is 0 Å². The van der Waals surface area contributed by atoms with Crippen LogP contribution in [0.5, 0.6) is 0 Å². The number of ether oxygens (including phenoxy) is 1. The third-order valence-electron chi connectivity index (χ3n) is 3.57. The first kappa shape index (κ1) is 19.5. The number of carbonyl (C=O) groups is 2. The van der Waals surface area contributed by atoms with Crippen LogP contribution in [-0.4, -0.2) is 23.7 Å². The van der Waals surface area contributed by atoms with Crippen LogP contribution < -0.4 is 5.32 Å². The van der Waals surface area contributed by atoms with Crippen molar-refractivity contribution in [1.29, 1.82) is 0 Å². The topological polar surface area (TPSA) is 55.4 Å². The number of amides is 1. The zero-order valence-corrected chi connectivity index (χ0v) is 16.3. The van der Waals surface area contributed by atoms with Crippen molar-refractivity contribution >= 4 is 40.7 Å². The van der Waals surface area contributed by atoms with Gasteiger partial charge < -0.3 is 10.1 Å². The third-order valence-corrected chi connectivity index (χ3v) is 5.58. The third kappa shape index (κ3) is 6.55. The molecule has 0 aliphatic rings. The van der Waals surface area contributed by atoms with Crippen molar-refractivity contribution in [3.05, 3.63) is 52.2 Å². The molecule has 0 saturated heterocycles. The molecule has 1 amide bonds. The lowest BCUT2D eigenvalue weighted by Crippen LogP contribution is -2.30. The van der Waals surface area contributed by atoms with Gasteiger partial charge in [0.15, 0.2) is 6.10 Å². The Kier molecular flexibility index (Phi) is 7.52. The fraction of sp³-hybridized carbons (Fsp3) is 0.368. The molecule has 0 aliphatic heterocycles. The Morgan fingerprint density at radius 2 is 1.88 bits per heavy atom. The second-order valence-electron chi connectivity index (χ2n) is 5.97. The van der Waals surface area contributed by atoms with Gasteiger partial charge in [-0.15, -0.1) is 23.1 Å². The highest BCUT2D eigenvalue weighted by Crippen LogP contribution is 2.18. The van der Waals surface area contributed by atoms with Crippen LogP contribution in [0.2, 0.25) is 0 Å². The maximum Gasteiger partial charge on any atom is 0.316 e. The van der Waals surface area contributed by atoms with Crippen molar-refractivity contribution < 1.29 is 14.3 Å². The first-order valence-electron chi connectivity index (χ1n) is 8.16. The normalized spacial score (nSPS) is 12.0. The summed E-state index contributed by atoms with van der Waals surface area (Å²) >= 11 is 3.15. The number of thiophene rings is 1. The molecule has 134 valence electrons. The van der Waals surface area contributed by atoms with Crippen LogP contribution in [0.3, 0.4) is 0 Å². The summed E-state index contributed by atoms with van der Waals surface area (Å²) in [5.74, 6) is 0.748. The Hall–Kier alpha value is -1.79. The fourth-order valence-electron chi connectivity index (χ4n) is 2.11. The van der Waals surface area contributed by atoms with E-state index in [9.17, 15) is 9.59 Å². The highest BCUT2D eigenvalue weighted by Gasteiger charge is 2.18. The van der Waals surface area contributed by atoms with Gasteiger partial charge in [-0.2, -0.15) is 0 Å². The molecule has 1 N–H and O–H groups in total. The SMILES string of the molecule is CC(C)c1ccc(NC(=O)[C@@H](C)OC(=O)CSCc2cccs2)cc1. The molecule has 1 atom stereocenters. The van der Waals surface area contributed by atoms with Crippen molar-refractivity contribution in [1.82, 2.24) is 0 Å². The lowest BCUT2D eigenvalue weighted by Gasteiger charge is -2.14. The van der Waals surface area contributed by atoms with Crippen LogP contribution in [0, 0.1) is 0 Å². The first-order chi connectivity index (χ1) is 12.0. The highest BCUT2D eigenvalue weighted by molar-refractivity contribution is 7.99. The Balaban J connectivity index is 1.74. The van der Waals surface area contributed by atoms with Crippen LogP contribution in [0.4, 0.5) is 5.69 Å². The van der Waals surface area contributed by atoms with E-state index in [2.05, 4.69) is 19.2 Å². The minimum Gasteiger partial charge on any atom is -0.452 e. The van der Waals surface area contributed by atoms with E-state index in [1.165, 1.54) is 22.2 Å². The van der Waals surface area contributed by atoms with Gasteiger partial charge in [-0.05, 0) is 42.0 Å². The maximum atomic E-state index is 12.1. The summed E-state index contributed by atoms with van der Waals surface area (Å²) in [5.41, 5.74) is 1.91. The van der Waals surface area contributed by atoms with Crippen LogP contribution in [0.15, 0.2) is 41.8 Å². The Morgan fingerprint density at radius 3 is 2.48 bits per heavy atom. The highest BCUT2D eigenvalue weighted by atomic mass is 32.2. The molecule has 0 radical (unpaired) electrons. The van der Waals surface area contributed by atoms with E-state index in [1.54, 1.807) is 18.3 Å². The van der Waals surface area contributed by atoms with Gasteiger partial charge in [0.25, 0.3) is 5.91 Å². The van der Waals surface area contributed by atoms with E-state index in [-0.39, 0.29) is 17.6 Å². The van der Waals surface area contributed by atoms with E-state index in [4.69, 9.17) is 4.74 Å². The van der Waals surface area contributed by atoms with Crippen LogP contribution in [-0.2, 0) is 20.1 Å². The van der Waals surface area contributed by atoms with E-state index in [0.717, 1.165) is 5.75 Å². The van der Waals surface area contributed by atoms with Crippen LogP contribution >= 0.6 is 23.1 Å². The Morgan fingerprint density at radius 1 is 1.16 bits per heavy atom. The van der Waals surface area contributed by atoms with Gasteiger partial charge in [-0.1, -0.05) is 32.0 Å². The molecule has 4 nitrogen and oxygen atoms in total. The predicted molar refractivity (Wildman–Crippen MR) is 105 cm³/mol. The number of benzene rings is 1. The summed E-state index contributed by atoms with van der Waals surface area (Å²) in [6.07, 6.45) is -0.820. The summed E-state index contributed by atoms with van der Waals surface area (Å²) < 4.78 is 5.20. The molecule has 0 saturated carbocycles. The van der Waals surface area contributed by atoms with Gasteiger partial charge >= 0.3 is 5.97 Å². The van der Waals surface area contributed by atoms with Crippen LogP contribution in [0.25, 0.3) is 0 Å². The molecule has 25 heavy (non-hydrogen) atoms. The number of carbonyl (C=O) groups excluding carboxylic acids is 2. The fourth-order valence-corrected chi connectivity index (χ4v) is 3.76. The first-order valence-corrected chi connectivity index (χ1v) is 10.2. The van der Waals surface area contributed by atoms with Crippen molar-refractivity contribution in [2.45, 2.75) is 38.5 Å². The lowest BCUT2D eigenvalue weighted by molar-refractivity contribution is -0.150. The zero-order valence-electron chi connectivity index (χ0n) is 14.7. The smallest absolute Gasteiger partial charge is 0.316 e. The van der Waals surface area contributed by atoms with Gasteiger partial charge in [-0.25, -0.2) is 0 Å². The number of esters is 1. The molecule has 0 aliphatic carbocycles. The molecule has 1 heterocycles. The van der Waals surface area contributed by atoms with Gasteiger partial charge in [0.1, 0.15) is 0 Å². The molecule has 0 spiro atoms. The van der Waals surface area contributed by atoms with Gasteiger partial charge in [0.2, 0.25) is 0 Å². The molecular formula is C19H23NO3S2. The lowest BCUT2D eigenvalue weighted by atomic mass is 10.0. The summed E-state index contributed by atoms with van der Waals surface area (Å²) in [6, 6.07) is 11.7. The number of nitrogens with one attached hydrogen (secondary N) is 1. The quantitative estimate of drug-likeness (QED) is 0.679. The Labute approximate surface area is 157 Å². The number of rotatable bonds is 8. The van der Waals surface area contributed by atoms with E-state index in [0.29, 0.717) is 11.6 Å². The van der Waals surface area contributed by atoms with E-state index in [1.807, 2.05) is 41.8 Å². The second kappa shape index (κ2) is 9.63. The number of anilines is 1. The molecule has 0 fully saturated rings. The van der Waals surface area contributed by atoms with Gasteiger partial charge in [-0.3, -0.25) is 9.59 Å². The molecule has 0 unspecified atom stereocenters. The average Bonchev–Trinajstić information content (AvgIpc) is 3.08. The molecule has 0 bridgehead atoms. The zero-order chi connectivity index (χ0) is 18.2. The molecule has 2 rings (SSSR count). The average molecular weight is 378 g/mol. The minimum atomic E-state index is -0.820. The van der Waals surface area contributed by atoms with Crippen molar-refractivity contribution in [3.63, 3.8) is 0 Å². The van der Waals surface area contributed by atoms with Gasteiger partial charge in [0, 0.05) is 16.3 Å². The summed E-state index contributed by atoms with van der Waals surface area (Å²) in [4.78, 5) is 25.2. The molecular weight excluding hydrogens is 354 g/mol.